The van der Waals surface area contributed by atoms with Gasteiger partial charge in [-0.2, -0.15) is 0 Å². The van der Waals surface area contributed by atoms with Crippen molar-refractivity contribution in [3.05, 3.63) is 33.9 Å². The minimum Gasteiger partial charge on any atom is -0.384 e. The fraction of sp³-hybridized carbons (Fsp3) is 0.600. The molecule has 2 aliphatic rings. The number of nitrogens with zero attached hydrogens (tertiary/aromatic N) is 2. The van der Waals surface area contributed by atoms with Crippen molar-refractivity contribution in [1.29, 1.82) is 0 Å². The van der Waals surface area contributed by atoms with Crippen LogP contribution in [0.1, 0.15) is 24.8 Å². The molecule has 1 aliphatic heterocycles. The maximum atomic E-state index is 10.9. The molecule has 0 spiro atoms. The Kier molecular flexibility index (Phi) is 3.61. The van der Waals surface area contributed by atoms with E-state index < -0.39 is 0 Å². The van der Waals surface area contributed by atoms with Gasteiger partial charge in [-0.15, -0.1) is 0 Å². The van der Waals surface area contributed by atoms with E-state index >= 15 is 0 Å². The third-order valence-corrected chi connectivity index (χ3v) is 4.46. The lowest BCUT2D eigenvalue weighted by Gasteiger charge is -2.16. The van der Waals surface area contributed by atoms with E-state index in [1.807, 2.05) is 13.0 Å². The Hall–Kier alpha value is -1.62. The van der Waals surface area contributed by atoms with Crippen LogP contribution in [-0.4, -0.2) is 35.5 Å². The minimum absolute atomic E-state index is 0.195. The number of hydrogen-bond acceptors (Lipinski definition) is 4. The van der Waals surface area contributed by atoms with E-state index in [9.17, 15) is 10.1 Å². The van der Waals surface area contributed by atoms with E-state index in [-0.39, 0.29) is 10.6 Å². The first-order chi connectivity index (χ1) is 9.65. The summed E-state index contributed by atoms with van der Waals surface area (Å²) in [6, 6.07) is 6.08. The van der Waals surface area contributed by atoms with Crippen LogP contribution >= 0.6 is 0 Å². The van der Waals surface area contributed by atoms with Crippen molar-refractivity contribution in [2.24, 2.45) is 5.92 Å². The smallest absolute Gasteiger partial charge is 0.274 e. The van der Waals surface area contributed by atoms with Gasteiger partial charge >= 0.3 is 0 Å². The first-order valence-corrected chi connectivity index (χ1v) is 7.37. The molecule has 1 atom stereocenters. The van der Waals surface area contributed by atoms with Crippen LogP contribution < -0.4 is 5.32 Å². The molecule has 2 fully saturated rings. The Morgan fingerprint density at radius 2 is 2.20 bits per heavy atom. The lowest BCUT2D eigenvalue weighted by Crippen LogP contribution is -2.24. The molecule has 1 N–H and O–H groups in total. The molecule has 1 aromatic carbocycles. The molecule has 0 bridgehead atoms. The van der Waals surface area contributed by atoms with Crippen molar-refractivity contribution < 1.29 is 4.92 Å². The number of nitro groups is 1. The van der Waals surface area contributed by atoms with Gasteiger partial charge < -0.3 is 10.2 Å². The monoisotopic (exact) mass is 275 g/mol. The largest absolute Gasteiger partial charge is 0.384 e. The maximum Gasteiger partial charge on any atom is 0.274 e. The zero-order chi connectivity index (χ0) is 14.1. The summed E-state index contributed by atoms with van der Waals surface area (Å²) in [5, 5.41) is 14.3. The molecule has 0 aromatic heterocycles. The summed E-state index contributed by atoms with van der Waals surface area (Å²) in [6.07, 6.45) is 3.96. The zero-order valence-electron chi connectivity index (χ0n) is 11.8. The standard InChI is InChI=1S/C15H21N3O2/c1-11-14(3-2-4-15(11)18(19)20)16-9-12-7-8-17(10-12)13-5-6-13/h2-4,12-13,16H,5-10H2,1H3. The number of hydrogen-bond donors (Lipinski definition) is 1. The quantitative estimate of drug-likeness (QED) is 0.663. The minimum atomic E-state index is -0.315. The lowest BCUT2D eigenvalue weighted by atomic mass is 10.1. The normalized spacial score (nSPS) is 22.9. The SMILES string of the molecule is Cc1c(NCC2CCN(C3CC3)C2)cccc1[N+](=O)[O-]. The van der Waals surface area contributed by atoms with Crippen LogP contribution in [0.4, 0.5) is 11.4 Å². The molecule has 108 valence electrons. The predicted octanol–water partition coefficient (Wildman–Crippen LogP) is 2.80. The second-order valence-corrected chi connectivity index (χ2v) is 5.97. The summed E-state index contributed by atoms with van der Waals surface area (Å²) in [7, 11) is 0. The first-order valence-electron chi connectivity index (χ1n) is 7.37. The fourth-order valence-electron chi connectivity index (χ4n) is 3.07. The molecule has 3 rings (SSSR count). The molecule has 1 saturated carbocycles. The summed E-state index contributed by atoms with van der Waals surface area (Å²) in [6.45, 7) is 5.10. The number of benzene rings is 1. The van der Waals surface area contributed by atoms with Gasteiger partial charge in [-0.25, -0.2) is 0 Å². The third kappa shape index (κ3) is 2.77. The van der Waals surface area contributed by atoms with Crippen LogP contribution in [0.15, 0.2) is 18.2 Å². The molecule has 0 radical (unpaired) electrons. The van der Waals surface area contributed by atoms with Crippen LogP contribution in [0, 0.1) is 23.0 Å². The average Bonchev–Trinajstić information content (AvgIpc) is 3.17. The Labute approximate surface area is 119 Å². The predicted molar refractivity (Wildman–Crippen MR) is 79.0 cm³/mol. The highest BCUT2D eigenvalue weighted by molar-refractivity contribution is 5.59. The van der Waals surface area contributed by atoms with Gasteiger partial charge in [0.25, 0.3) is 5.69 Å². The van der Waals surface area contributed by atoms with Gasteiger partial charge in [0.15, 0.2) is 0 Å². The van der Waals surface area contributed by atoms with Gasteiger partial charge in [0.05, 0.1) is 4.92 Å². The zero-order valence-corrected chi connectivity index (χ0v) is 11.8. The highest BCUT2D eigenvalue weighted by atomic mass is 16.6. The van der Waals surface area contributed by atoms with Crippen LogP contribution in [0.2, 0.25) is 0 Å². The highest BCUT2D eigenvalue weighted by Crippen LogP contribution is 2.32. The lowest BCUT2D eigenvalue weighted by molar-refractivity contribution is -0.385. The van der Waals surface area contributed by atoms with Crippen LogP contribution in [-0.2, 0) is 0 Å². The van der Waals surface area contributed by atoms with E-state index in [4.69, 9.17) is 0 Å². The molecule has 1 aromatic rings. The molecule has 1 saturated heterocycles. The van der Waals surface area contributed by atoms with Crippen molar-refractivity contribution in [3.63, 3.8) is 0 Å². The van der Waals surface area contributed by atoms with Gasteiger partial charge in [-0.05, 0) is 44.7 Å². The third-order valence-electron chi connectivity index (χ3n) is 4.46. The summed E-state index contributed by atoms with van der Waals surface area (Å²) < 4.78 is 0. The van der Waals surface area contributed by atoms with Crippen LogP contribution in [0.5, 0.6) is 0 Å². The number of nitro benzene ring substituents is 1. The maximum absolute atomic E-state index is 10.9. The van der Waals surface area contributed by atoms with E-state index in [2.05, 4.69) is 10.2 Å². The van der Waals surface area contributed by atoms with Gasteiger partial charge in [-0.3, -0.25) is 10.1 Å². The van der Waals surface area contributed by atoms with Crippen LogP contribution in [0.25, 0.3) is 0 Å². The van der Waals surface area contributed by atoms with Gasteiger partial charge in [0.2, 0.25) is 0 Å². The Bertz CT molecular complexity index is 514. The van der Waals surface area contributed by atoms with Gasteiger partial charge in [0.1, 0.15) is 0 Å². The molecule has 5 nitrogen and oxygen atoms in total. The number of nitrogens with one attached hydrogen (secondary N) is 1. The first kappa shape index (κ1) is 13.4. The van der Waals surface area contributed by atoms with E-state index in [1.165, 1.54) is 32.4 Å². The summed E-state index contributed by atoms with van der Waals surface area (Å²) in [4.78, 5) is 13.2. The molecule has 5 heteroatoms. The molecular formula is C15H21N3O2. The Morgan fingerprint density at radius 3 is 2.90 bits per heavy atom. The molecular weight excluding hydrogens is 254 g/mol. The molecule has 1 heterocycles. The van der Waals surface area contributed by atoms with Crippen molar-refractivity contribution in [3.8, 4) is 0 Å². The average molecular weight is 275 g/mol. The summed E-state index contributed by atoms with van der Waals surface area (Å²) in [5.74, 6) is 0.661. The Balaban J connectivity index is 1.58. The summed E-state index contributed by atoms with van der Waals surface area (Å²) >= 11 is 0. The van der Waals surface area contributed by atoms with E-state index in [1.54, 1.807) is 12.1 Å². The molecule has 1 aliphatic carbocycles. The van der Waals surface area contributed by atoms with E-state index in [0.717, 1.165) is 23.8 Å². The second-order valence-electron chi connectivity index (χ2n) is 5.97. The molecule has 1 unspecified atom stereocenters. The van der Waals surface area contributed by atoms with Crippen molar-refractivity contribution in [2.45, 2.75) is 32.2 Å². The van der Waals surface area contributed by atoms with E-state index in [0.29, 0.717) is 5.92 Å². The van der Waals surface area contributed by atoms with Crippen molar-refractivity contribution >= 4 is 11.4 Å². The number of rotatable bonds is 5. The van der Waals surface area contributed by atoms with Gasteiger partial charge in [0, 0.05) is 36.4 Å². The molecule has 0 amide bonds. The fourth-order valence-corrected chi connectivity index (χ4v) is 3.07. The van der Waals surface area contributed by atoms with Crippen LogP contribution in [0.3, 0.4) is 0 Å². The Morgan fingerprint density at radius 1 is 1.40 bits per heavy atom. The highest BCUT2D eigenvalue weighted by Gasteiger charge is 2.34. The van der Waals surface area contributed by atoms with Crippen molar-refractivity contribution in [1.82, 2.24) is 4.90 Å². The second kappa shape index (κ2) is 5.40. The number of anilines is 1. The molecule has 20 heavy (non-hydrogen) atoms. The topological polar surface area (TPSA) is 58.4 Å². The van der Waals surface area contributed by atoms with Gasteiger partial charge in [-0.1, -0.05) is 6.07 Å². The summed E-state index contributed by atoms with van der Waals surface area (Å²) in [5.41, 5.74) is 1.82. The number of likely N-dealkylation sites (tertiary alicyclic amines) is 1. The van der Waals surface area contributed by atoms with Crippen molar-refractivity contribution in [2.75, 3.05) is 25.0 Å².